The predicted octanol–water partition coefficient (Wildman–Crippen LogP) is 2.40. The summed E-state index contributed by atoms with van der Waals surface area (Å²) in [6, 6.07) is 19.9. The summed E-state index contributed by atoms with van der Waals surface area (Å²) in [4.78, 5) is 0. The lowest BCUT2D eigenvalue weighted by Gasteiger charge is -2.11. The van der Waals surface area contributed by atoms with Crippen molar-refractivity contribution in [3.63, 3.8) is 0 Å². The fraction of sp³-hybridized carbons (Fsp3) is 0.0714. The van der Waals surface area contributed by atoms with E-state index in [9.17, 15) is 0 Å². The molecule has 0 aromatic heterocycles. The maximum absolute atomic E-state index is 5.79. The summed E-state index contributed by atoms with van der Waals surface area (Å²) in [6.07, 6.45) is 1.75. The Balaban J connectivity index is 1.94. The van der Waals surface area contributed by atoms with E-state index < -0.39 is 0 Å². The van der Waals surface area contributed by atoms with Crippen molar-refractivity contribution in [3.8, 4) is 0 Å². The zero-order chi connectivity index (χ0) is 11.9. The average Bonchev–Trinajstić information content (AvgIpc) is 2.39. The zero-order valence-electron chi connectivity index (χ0n) is 9.53. The normalized spacial score (nSPS) is 10.6. The lowest BCUT2D eigenvalue weighted by Crippen LogP contribution is -2.24. The van der Waals surface area contributed by atoms with Crippen molar-refractivity contribution in [2.75, 3.05) is 0 Å². The van der Waals surface area contributed by atoms with Crippen LogP contribution in [0.25, 0.3) is 0 Å². The molecular weight excluding hydrogens is 210 g/mol. The van der Waals surface area contributed by atoms with E-state index in [0.29, 0.717) is 6.54 Å². The molecule has 0 bridgehead atoms. The van der Waals surface area contributed by atoms with Gasteiger partial charge in [0.05, 0.1) is 12.8 Å². The second-order valence-electron chi connectivity index (χ2n) is 3.74. The first-order chi connectivity index (χ1) is 8.34. The van der Waals surface area contributed by atoms with Crippen LogP contribution in [0.15, 0.2) is 65.8 Å². The fourth-order valence-corrected chi connectivity index (χ4v) is 1.49. The van der Waals surface area contributed by atoms with Crippen molar-refractivity contribution in [2.24, 2.45) is 10.9 Å². The molecule has 2 aromatic rings. The number of nitrogens with zero attached hydrogens (tertiary/aromatic N) is 2. The van der Waals surface area contributed by atoms with Gasteiger partial charge in [-0.15, -0.1) is 0 Å². The molecule has 0 radical (unpaired) electrons. The standard InChI is InChI=1S/C14H15N3/c15-17(12-14-9-5-2-6-10-14)16-11-13-7-3-1-4-8-13/h1-11H,12,15H2/b16-11+. The minimum atomic E-state index is 0.601. The highest BCUT2D eigenvalue weighted by atomic mass is 15.6. The van der Waals surface area contributed by atoms with Crippen LogP contribution in [-0.2, 0) is 6.54 Å². The Hall–Kier alpha value is -2.13. The molecular formula is C14H15N3. The van der Waals surface area contributed by atoms with Crippen molar-refractivity contribution < 1.29 is 0 Å². The second kappa shape index (κ2) is 5.82. The smallest absolute Gasteiger partial charge is 0.0780 e. The molecule has 3 nitrogen and oxygen atoms in total. The maximum Gasteiger partial charge on any atom is 0.0780 e. The highest BCUT2D eigenvalue weighted by Gasteiger charge is 1.95. The maximum atomic E-state index is 5.79. The number of rotatable bonds is 4. The SMILES string of the molecule is NN(Cc1ccccc1)/N=C/c1ccccc1. The summed E-state index contributed by atoms with van der Waals surface area (Å²) in [5, 5.41) is 5.61. The molecule has 2 rings (SSSR count). The van der Waals surface area contributed by atoms with Crippen LogP contribution in [-0.4, -0.2) is 11.3 Å². The lowest BCUT2D eigenvalue weighted by molar-refractivity contribution is 0.292. The van der Waals surface area contributed by atoms with Crippen LogP contribution in [0.2, 0.25) is 0 Å². The van der Waals surface area contributed by atoms with Gasteiger partial charge in [0.25, 0.3) is 0 Å². The minimum absolute atomic E-state index is 0.601. The van der Waals surface area contributed by atoms with Crippen molar-refractivity contribution in [1.29, 1.82) is 0 Å². The van der Waals surface area contributed by atoms with Gasteiger partial charge < -0.3 is 0 Å². The van der Waals surface area contributed by atoms with E-state index in [1.807, 2.05) is 60.7 Å². The van der Waals surface area contributed by atoms with E-state index in [4.69, 9.17) is 5.84 Å². The Morgan fingerprint density at radius 3 is 2.18 bits per heavy atom. The number of hydrogen-bond acceptors (Lipinski definition) is 3. The van der Waals surface area contributed by atoms with E-state index in [-0.39, 0.29) is 0 Å². The van der Waals surface area contributed by atoms with Gasteiger partial charge in [0.15, 0.2) is 0 Å². The third kappa shape index (κ3) is 3.74. The van der Waals surface area contributed by atoms with Crippen LogP contribution < -0.4 is 5.84 Å². The number of hydrazine groups is 1. The van der Waals surface area contributed by atoms with Gasteiger partial charge in [0, 0.05) is 0 Å². The molecule has 0 aliphatic heterocycles. The van der Waals surface area contributed by atoms with Crippen LogP contribution in [0.3, 0.4) is 0 Å². The lowest BCUT2D eigenvalue weighted by atomic mass is 10.2. The first-order valence-corrected chi connectivity index (χ1v) is 5.50. The monoisotopic (exact) mass is 225 g/mol. The first kappa shape index (κ1) is 11.4. The van der Waals surface area contributed by atoms with Gasteiger partial charge in [-0.1, -0.05) is 60.7 Å². The second-order valence-corrected chi connectivity index (χ2v) is 3.74. The Morgan fingerprint density at radius 2 is 1.53 bits per heavy atom. The van der Waals surface area contributed by atoms with Gasteiger partial charge in [-0.25, -0.2) is 11.0 Å². The molecule has 0 aliphatic rings. The Morgan fingerprint density at radius 1 is 0.941 bits per heavy atom. The molecule has 0 aliphatic carbocycles. The number of nitrogens with two attached hydrogens (primary N) is 1. The predicted molar refractivity (Wildman–Crippen MR) is 70.2 cm³/mol. The zero-order valence-corrected chi connectivity index (χ0v) is 9.53. The van der Waals surface area contributed by atoms with Gasteiger partial charge in [0.1, 0.15) is 0 Å². The van der Waals surface area contributed by atoms with Crippen molar-refractivity contribution in [3.05, 3.63) is 71.8 Å². The summed E-state index contributed by atoms with van der Waals surface area (Å²) >= 11 is 0. The van der Waals surface area contributed by atoms with Crippen molar-refractivity contribution >= 4 is 6.21 Å². The molecule has 3 heteroatoms. The van der Waals surface area contributed by atoms with Crippen molar-refractivity contribution in [1.82, 2.24) is 5.12 Å². The average molecular weight is 225 g/mol. The summed E-state index contributed by atoms with van der Waals surface area (Å²) in [5.41, 5.74) is 2.18. The highest BCUT2D eigenvalue weighted by molar-refractivity contribution is 5.79. The molecule has 2 N–H and O–H groups in total. The van der Waals surface area contributed by atoms with Gasteiger partial charge >= 0.3 is 0 Å². The van der Waals surface area contributed by atoms with Crippen LogP contribution in [0.5, 0.6) is 0 Å². The summed E-state index contributed by atoms with van der Waals surface area (Å²) in [6.45, 7) is 0.601. The molecule has 0 spiro atoms. The number of hydrogen-bond donors (Lipinski definition) is 1. The third-order valence-corrected chi connectivity index (χ3v) is 2.34. The molecule has 0 amide bonds. The molecule has 0 atom stereocenters. The third-order valence-electron chi connectivity index (χ3n) is 2.34. The first-order valence-electron chi connectivity index (χ1n) is 5.50. The molecule has 0 saturated heterocycles. The van der Waals surface area contributed by atoms with E-state index in [0.717, 1.165) is 11.1 Å². The van der Waals surface area contributed by atoms with Gasteiger partial charge in [-0.2, -0.15) is 5.10 Å². The molecule has 0 saturated carbocycles. The van der Waals surface area contributed by atoms with Crippen LogP contribution >= 0.6 is 0 Å². The molecule has 0 heterocycles. The largest absolute Gasteiger partial charge is 0.231 e. The number of benzene rings is 2. The van der Waals surface area contributed by atoms with Gasteiger partial charge in [-0.05, 0) is 11.1 Å². The van der Waals surface area contributed by atoms with Gasteiger partial charge in [-0.3, -0.25) is 0 Å². The molecule has 86 valence electrons. The van der Waals surface area contributed by atoms with Crippen LogP contribution in [0.4, 0.5) is 0 Å². The molecule has 0 fully saturated rings. The summed E-state index contributed by atoms with van der Waals surface area (Å²) in [5.74, 6) is 5.79. The topological polar surface area (TPSA) is 41.6 Å². The van der Waals surface area contributed by atoms with E-state index >= 15 is 0 Å². The van der Waals surface area contributed by atoms with Crippen LogP contribution in [0, 0.1) is 0 Å². The van der Waals surface area contributed by atoms with E-state index in [1.54, 1.807) is 6.21 Å². The Bertz CT molecular complexity index is 465. The Labute approximate surface area is 101 Å². The molecule has 0 unspecified atom stereocenters. The Kier molecular flexibility index (Phi) is 3.89. The minimum Gasteiger partial charge on any atom is -0.231 e. The number of hydrazone groups is 1. The quantitative estimate of drug-likeness (QED) is 0.493. The van der Waals surface area contributed by atoms with Gasteiger partial charge in [0.2, 0.25) is 0 Å². The summed E-state index contributed by atoms with van der Waals surface area (Å²) in [7, 11) is 0. The fourth-order valence-electron chi connectivity index (χ4n) is 1.49. The molecule has 17 heavy (non-hydrogen) atoms. The molecule has 2 aromatic carbocycles. The van der Waals surface area contributed by atoms with E-state index in [1.165, 1.54) is 5.12 Å². The highest BCUT2D eigenvalue weighted by Crippen LogP contribution is 2.01. The summed E-state index contributed by atoms with van der Waals surface area (Å²) < 4.78 is 0. The van der Waals surface area contributed by atoms with E-state index in [2.05, 4.69) is 5.10 Å². The van der Waals surface area contributed by atoms with Crippen molar-refractivity contribution in [2.45, 2.75) is 6.54 Å². The van der Waals surface area contributed by atoms with Crippen LogP contribution in [0.1, 0.15) is 11.1 Å².